The van der Waals surface area contributed by atoms with E-state index in [0.717, 1.165) is 27.6 Å². The van der Waals surface area contributed by atoms with Crippen LogP contribution < -0.4 is 5.30 Å². The minimum Gasteiger partial charge on any atom is -0.289 e. The summed E-state index contributed by atoms with van der Waals surface area (Å²) in [5, 5.41) is 0.949. The number of carbonyl (C=O) groups excluding carboxylic acids is 1. The molecule has 0 fully saturated rings. The number of aryl methyl sites for hydroxylation is 2. The van der Waals surface area contributed by atoms with Gasteiger partial charge in [-0.05, 0) is 55.3 Å². The van der Waals surface area contributed by atoms with E-state index in [0.29, 0.717) is 0 Å². The van der Waals surface area contributed by atoms with Gasteiger partial charge in [-0.25, -0.2) is 0 Å². The third kappa shape index (κ3) is 2.48. The van der Waals surface area contributed by atoms with Crippen LogP contribution in [-0.4, -0.2) is 5.78 Å². The van der Waals surface area contributed by atoms with E-state index < -0.39 is 0 Å². The molecule has 98 valence electrons. The third-order valence-corrected chi connectivity index (χ3v) is 4.30. The molecule has 0 saturated carbocycles. The highest BCUT2D eigenvalue weighted by molar-refractivity contribution is 7.27. The van der Waals surface area contributed by atoms with Gasteiger partial charge in [0.1, 0.15) is 0 Å². The zero-order valence-corrected chi connectivity index (χ0v) is 13.0. The summed E-state index contributed by atoms with van der Waals surface area (Å²) in [6, 6.07) is 9.84. The van der Waals surface area contributed by atoms with Crippen molar-refractivity contribution in [3.05, 3.63) is 63.7 Å². The first kappa shape index (κ1) is 14.0. The Morgan fingerprint density at radius 3 is 2.00 bits per heavy atom. The second-order valence-electron chi connectivity index (χ2n) is 5.05. The second-order valence-corrected chi connectivity index (χ2v) is 5.67. The molecule has 1 atom stereocenters. The molecule has 0 aromatic heterocycles. The smallest absolute Gasteiger partial charge is 0.194 e. The predicted molar refractivity (Wildman–Crippen MR) is 84.6 cm³/mol. The van der Waals surface area contributed by atoms with Crippen molar-refractivity contribution in [3.8, 4) is 0 Å². The van der Waals surface area contributed by atoms with Gasteiger partial charge in [0.2, 0.25) is 0 Å². The lowest BCUT2D eigenvalue weighted by Crippen LogP contribution is -2.14. The lowest BCUT2D eigenvalue weighted by molar-refractivity contribution is 0.103. The van der Waals surface area contributed by atoms with Crippen molar-refractivity contribution in [3.63, 3.8) is 0 Å². The Hall–Kier alpha value is -1.46. The van der Waals surface area contributed by atoms with Crippen molar-refractivity contribution in [2.75, 3.05) is 0 Å². The van der Waals surface area contributed by atoms with Crippen molar-refractivity contribution >= 4 is 20.3 Å². The van der Waals surface area contributed by atoms with Gasteiger partial charge >= 0.3 is 0 Å². The van der Waals surface area contributed by atoms with Crippen molar-refractivity contribution in [1.29, 1.82) is 0 Å². The molecular weight excluding hydrogens is 251 g/mol. The average Bonchev–Trinajstić information content (AvgIpc) is 2.37. The summed E-state index contributed by atoms with van der Waals surface area (Å²) < 4.78 is 0. The molecule has 0 bridgehead atoms. The van der Waals surface area contributed by atoms with Gasteiger partial charge in [-0.1, -0.05) is 30.3 Å². The van der Waals surface area contributed by atoms with Crippen LogP contribution in [0.2, 0.25) is 0 Å². The largest absolute Gasteiger partial charge is 0.289 e. The Labute approximate surface area is 117 Å². The molecule has 2 heteroatoms. The number of hydrogen-bond acceptors (Lipinski definition) is 1. The second kappa shape index (κ2) is 5.27. The topological polar surface area (TPSA) is 17.1 Å². The van der Waals surface area contributed by atoms with Gasteiger partial charge < -0.3 is 0 Å². The molecular formula is C17H19OP. The standard InChI is InChI=1S/C17H19OP/c1-10-9-11(2)13(4)16(12(10)3)17(18)14-7-5-6-8-15(14)19/h5-9H,19H2,1-4H3. The zero-order valence-electron chi connectivity index (χ0n) is 11.9. The summed E-state index contributed by atoms with van der Waals surface area (Å²) in [5.74, 6) is 0.118. The van der Waals surface area contributed by atoms with E-state index in [2.05, 4.69) is 29.2 Å². The number of benzene rings is 2. The number of hydrogen-bond donors (Lipinski definition) is 0. The lowest BCUT2D eigenvalue weighted by atomic mass is 9.89. The number of ketones is 1. The number of rotatable bonds is 2. The maximum atomic E-state index is 12.8. The van der Waals surface area contributed by atoms with Crippen molar-refractivity contribution in [2.24, 2.45) is 0 Å². The molecule has 0 aliphatic carbocycles. The summed E-state index contributed by atoms with van der Waals surface area (Å²) >= 11 is 0. The first-order chi connectivity index (χ1) is 8.93. The van der Waals surface area contributed by atoms with Crippen LogP contribution in [0.15, 0.2) is 30.3 Å². The molecule has 0 amide bonds. The van der Waals surface area contributed by atoms with Crippen molar-refractivity contribution < 1.29 is 4.79 Å². The summed E-state index contributed by atoms with van der Waals surface area (Å²) in [7, 11) is 2.64. The molecule has 2 rings (SSSR count). The Bertz CT molecular complexity index is 630. The molecule has 0 aliphatic rings. The molecule has 19 heavy (non-hydrogen) atoms. The van der Waals surface area contributed by atoms with Crippen LogP contribution in [0.5, 0.6) is 0 Å². The quantitative estimate of drug-likeness (QED) is 0.601. The van der Waals surface area contributed by atoms with E-state index >= 15 is 0 Å². The van der Waals surface area contributed by atoms with E-state index in [-0.39, 0.29) is 5.78 Å². The molecule has 0 heterocycles. The van der Waals surface area contributed by atoms with E-state index in [9.17, 15) is 4.79 Å². The van der Waals surface area contributed by atoms with E-state index in [1.807, 2.05) is 38.1 Å². The van der Waals surface area contributed by atoms with Crippen LogP contribution in [0.1, 0.15) is 38.2 Å². The lowest BCUT2D eigenvalue weighted by Gasteiger charge is -2.15. The van der Waals surface area contributed by atoms with Crippen LogP contribution in [0.25, 0.3) is 0 Å². The van der Waals surface area contributed by atoms with Crippen LogP contribution in [0.3, 0.4) is 0 Å². The molecule has 0 saturated heterocycles. The summed E-state index contributed by atoms with van der Waals surface area (Å²) in [4.78, 5) is 12.8. The molecule has 1 unspecified atom stereocenters. The maximum Gasteiger partial charge on any atom is 0.194 e. The zero-order chi connectivity index (χ0) is 14.2. The molecule has 2 aromatic carbocycles. The highest BCUT2D eigenvalue weighted by Gasteiger charge is 2.18. The Kier molecular flexibility index (Phi) is 3.87. The van der Waals surface area contributed by atoms with Gasteiger partial charge in [-0.2, -0.15) is 0 Å². The minimum atomic E-state index is 0.118. The fourth-order valence-electron chi connectivity index (χ4n) is 2.40. The minimum absolute atomic E-state index is 0.118. The van der Waals surface area contributed by atoms with Gasteiger partial charge in [0, 0.05) is 11.1 Å². The van der Waals surface area contributed by atoms with Crippen LogP contribution in [0, 0.1) is 27.7 Å². The van der Waals surface area contributed by atoms with Gasteiger partial charge in [0.05, 0.1) is 0 Å². The third-order valence-electron chi connectivity index (χ3n) is 3.80. The average molecular weight is 270 g/mol. The number of carbonyl (C=O) groups is 1. The maximum absolute atomic E-state index is 12.8. The highest BCUT2D eigenvalue weighted by atomic mass is 31.0. The fourth-order valence-corrected chi connectivity index (χ4v) is 2.73. The SMILES string of the molecule is Cc1cc(C)c(C)c(C(=O)c2ccccc2P)c1C. The molecule has 0 radical (unpaired) electrons. The molecule has 0 aliphatic heterocycles. The predicted octanol–water partition coefficient (Wildman–Crippen LogP) is 3.65. The van der Waals surface area contributed by atoms with Gasteiger partial charge in [-0.3, -0.25) is 4.79 Å². The van der Waals surface area contributed by atoms with Gasteiger partial charge in [-0.15, -0.1) is 9.24 Å². The van der Waals surface area contributed by atoms with Crippen LogP contribution in [-0.2, 0) is 0 Å². The van der Waals surface area contributed by atoms with Crippen molar-refractivity contribution in [2.45, 2.75) is 27.7 Å². The monoisotopic (exact) mass is 270 g/mol. The molecule has 0 spiro atoms. The van der Waals surface area contributed by atoms with Gasteiger partial charge in [0.25, 0.3) is 0 Å². The summed E-state index contributed by atoms with van der Waals surface area (Å²) in [6.07, 6.45) is 0. The molecule has 0 N–H and O–H groups in total. The normalized spacial score (nSPS) is 10.6. The first-order valence-corrected chi connectivity index (χ1v) is 6.97. The highest BCUT2D eigenvalue weighted by Crippen LogP contribution is 2.24. The van der Waals surface area contributed by atoms with Gasteiger partial charge in [0.15, 0.2) is 5.78 Å². The Balaban J connectivity index is 2.67. The summed E-state index contributed by atoms with van der Waals surface area (Å²) in [6.45, 7) is 8.18. The van der Waals surface area contributed by atoms with E-state index in [1.54, 1.807) is 0 Å². The summed E-state index contributed by atoms with van der Waals surface area (Å²) in [5.41, 5.74) is 6.14. The first-order valence-electron chi connectivity index (χ1n) is 6.40. The van der Waals surface area contributed by atoms with E-state index in [4.69, 9.17) is 0 Å². The Morgan fingerprint density at radius 1 is 0.947 bits per heavy atom. The van der Waals surface area contributed by atoms with E-state index in [1.165, 1.54) is 11.1 Å². The molecule has 1 nitrogen and oxygen atoms in total. The van der Waals surface area contributed by atoms with Crippen LogP contribution in [0.4, 0.5) is 0 Å². The van der Waals surface area contributed by atoms with Crippen LogP contribution >= 0.6 is 9.24 Å². The van der Waals surface area contributed by atoms with Crippen molar-refractivity contribution in [1.82, 2.24) is 0 Å². The Morgan fingerprint density at radius 2 is 1.47 bits per heavy atom. The molecule has 2 aromatic rings. The fraction of sp³-hybridized carbons (Fsp3) is 0.235.